The number of sulfonamides is 1. The molecule has 1 heterocycles. The van der Waals surface area contributed by atoms with Crippen molar-refractivity contribution in [3.8, 4) is 11.5 Å². The lowest BCUT2D eigenvalue weighted by Gasteiger charge is -2.33. The number of rotatable bonds is 7. The van der Waals surface area contributed by atoms with Gasteiger partial charge in [-0.25, -0.2) is 13.2 Å². The number of halogens is 2. The molecule has 13 heteroatoms. The van der Waals surface area contributed by atoms with Gasteiger partial charge in [-0.2, -0.15) is 4.31 Å². The van der Waals surface area contributed by atoms with Gasteiger partial charge in [0.15, 0.2) is 0 Å². The fourth-order valence-electron chi connectivity index (χ4n) is 3.44. The van der Waals surface area contributed by atoms with Gasteiger partial charge in [0.05, 0.1) is 36.4 Å². The third-order valence-corrected chi connectivity index (χ3v) is 7.93. The van der Waals surface area contributed by atoms with Crippen molar-refractivity contribution in [1.29, 1.82) is 0 Å². The highest BCUT2D eigenvalue weighted by Gasteiger charge is 2.33. The zero-order valence-corrected chi connectivity index (χ0v) is 21.7. The summed E-state index contributed by atoms with van der Waals surface area (Å²) >= 11 is 12.5. The number of nitrogens with one attached hydrogen (secondary N) is 1. The van der Waals surface area contributed by atoms with Gasteiger partial charge in [0.2, 0.25) is 10.0 Å². The van der Waals surface area contributed by atoms with E-state index in [0.29, 0.717) is 17.2 Å². The van der Waals surface area contributed by atoms with E-state index in [2.05, 4.69) is 5.32 Å². The first-order chi connectivity index (χ1) is 16.6. The Labute approximate surface area is 213 Å². The second kappa shape index (κ2) is 11.3. The van der Waals surface area contributed by atoms with Gasteiger partial charge in [-0.15, -0.1) is 0 Å². The van der Waals surface area contributed by atoms with Crippen LogP contribution in [0.25, 0.3) is 0 Å². The van der Waals surface area contributed by atoms with Crippen molar-refractivity contribution in [2.45, 2.75) is 11.8 Å². The number of ether oxygens (including phenoxy) is 3. The van der Waals surface area contributed by atoms with Gasteiger partial charge in [-0.3, -0.25) is 4.79 Å². The molecule has 0 unspecified atom stereocenters. The van der Waals surface area contributed by atoms with Crippen LogP contribution in [-0.4, -0.2) is 76.6 Å². The molecule has 1 fully saturated rings. The number of hydrogen-bond donors (Lipinski definition) is 1. The quantitative estimate of drug-likeness (QED) is 0.563. The summed E-state index contributed by atoms with van der Waals surface area (Å²) in [5.74, 6) is 0.254. The maximum atomic E-state index is 13.3. The van der Waals surface area contributed by atoms with Crippen LogP contribution in [0.15, 0.2) is 35.2 Å². The first-order valence-electron chi connectivity index (χ1n) is 10.6. The Balaban J connectivity index is 1.85. The van der Waals surface area contributed by atoms with Crippen molar-refractivity contribution in [3.05, 3.63) is 45.9 Å². The molecular weight excluding hydrogens is 521 g/mol. The van der Waals surface area contributed by atoms with Gasteiger partial charge < -0.3 is 24.4 Å². The average Bonchev–Trinajstić information content (AvgIpc) is 2.83. The molecule has 1 N–H and O–H groups in total. The topological polar surface area (TPSA) is 114 Å². The Morgan fingerprint density at radius 3 is 2.09 bits per heavy atom. The van der Waals surface area contributed by atoms with E-state index in [9.17, 15) is 18.0 Å². The summed E-state index contributed by atoms with van der Waals surface area (Å²) in [5.41, 5.74) is 0.276. The van der Waals surface area contributed by atoms with Crippen LogP contribution in [0.5, 0.6) is 11.5 Å². The van der Waals surface area contributed by atoms with E-state index in [1.807, 2.05) is 0 Å². The second-order valence-corrected chi connectivity index (χ2v) is 10.1. The third-order valence-electron chi connectivity index (χ3n) is 5.26. The molecule has 2 amide bonds. The van der Waals surface area contributed by atoms with Crippen LogP contribution >= 0.6 is 23.2 Å². The molecule has 190 valence electrons. The Hall–Kier alpha value is -2.73. The predicted molar refractivity (Wildman–Crippen MR) is 131 cm³/mol. The maximum Gasteiger partial charge on any atom is 0.409 e. The van der Waals surface area contributed by atoms with Crippen molar-refractivity contribution in [3.63, 3.8) is 0 Å². The molecule has 0 radical (unpaired) electrons. The molecule has 0 atom stereocenters. The summed E-state index contributed by atoms with van der Waals surface area (Å²) in [4.78, 5) is 26.1. The number of hydrogen-bond acceptors (Lipinski definition) is 7. The number of carbonyl (C=O) groups excluding carboxylic acids is 2. The molecule has 0 bridgehead atoms. The number of piperazine rings is 1. The minimum absolute atomic E-state index is 0.0200. The van der Waals surface area contributed by atoms with E-state index in [4.69, 9.17) is 37.4 Å². The minimum atomic E-state index is -4.08. The lowest BCUT2D eigenvalue weighted by molar-refractivity contribution is 0.0933. The number of anilines is 1. The molecular formula is C22H25Cl2N3O7S. The number of nitrogens with zero attached hydrogens (tertiary/aromatic N) is 2. The van der Waals surface area contributed by atoms with Crippen LogP contribution in [0.2, 0.25) is 10.0 Å². The first-order valence-corrected chi connectivity index (χ1v) is 12.8. The number of methoxy groups -OCH3 is 2. The van der Waals surface area contributed by atoms with E-state index in [-0.39, 0.29) is 53.3 Å². The molecule has 1 aliphatic heterocycles. The van der Waals surface area contributed by atoms with Gasteiger partial charge >= 0.3 is 6.09 Å². The SMILES string of the molecule is CCOC(=O)N1CCN(S(=O)(=O)c2cc(C(=O)Nc3cc(OC)cc(OC)c3)c(Cl)cc2Cl)CC1. The van der Waals surface area contributed by atoms with E-state index >= 15 is 0 Å². The lowest BCUT2D eigenvalue weighted by Crippen LogP contribution is -2.50. The Morgan fingerprint density at radius 1 is 0.943 bits per heavy atom. The predicted octanol–water partition coefficient (Wildman–Crippen LogP) is 3.73. The van der Waals surface area contributed by atoms with Gasteiger partial charge in [-0.05, 0) is 19.1 Å². The molecule has 35 heavy (non-hydrogen) atoms. The van der Waals surface area contributed by atoms with E-state index in [1.165, 1.54) is 29.5 Å². The summed E-state index contributed by atoms with van der Waals surface area (Å²) in [5, 5.41) is 2.52. The fourth-order valence-corrected chi connectivity index (χ4v) is 5.70. The van der Waals surface area contributed by atoms with Crippen LogP contribution < -0.4 is 14.8 Å². The van der Waals surface area contributed by atoms with Crippen molar-refractivity contribution in [2.24, 2.45) is 0 Å². The molecule has 0 saturated carbocycles. The van der Waals surface area contributed by atoms with Gasteiger partial charge in [0.25, 0.3) is 5.91 Å². The largest absolute Gasteiger partial charge is 0.497 e. The van der Waals surface area contributed by atoms with Crippen LogP contribution in [-0.2, 0) is 14.8 Å². The monoisotopic (exact) mass is 545 g/mol. The molecule has 0 aliphatic carbocycles. The number of benzene rings is 2. The Kier molecular flexibility index (Phi) is 8.70. The molecule has 10 nitrogen and oxygen atoms in total. The van der Waals surface area contributed by atoms with Crippen LogP contribution in [0.4, 0.5) is 10.5 Å². The molecule has 2 aromatic rings. The Morgan fingerprint density at radius 2 is 1.54 bits per heavy atom. The highest BCUT2D eigenvalue weighted by atomic mass is 35.5. The van der Waals surface area contributed by atoms with Gasteiger partial charge in [-0.1, -0.05) is 23.2 Å². The molecule has 1 saturated heterocycles. The highest BCUT2D eigenvalue weighted by Crippen LogP contribution is 2.32. The Bertz CT molecular complexity index is 1190. The molecule has 3 rings (SSSR count). The maximum absolute atomic E-state index is 13.3. The summed E-state index contributed by atoms with van der Waals surface area (Å²) in [6.45, 7) is 2.34. The molecule has 2 aromatic carbocycles. The summed E-state index contributed by atoms with van der Waals surface area (Å²) in [6, 6.07) is 7.14. The van der Waals surface area contributed by atoms with Crippen LogP contribution in [0.3, 0.4) is 0 Å². The fraction of sp³-hybridized carbons (Fsp3) is 0.364. The van der Waals surface area contributed by atoms with Crippen LogP contribution in [0, 0.1) is 0 Å². The number of carbonyl (C=O) groups is 2. The normalized spacial score (nSPS) is 14.4. The first kappa shape index (κ1) is 26.9. The van der Waals surface area contributed by atoms with Crippen molar-refractivity contribution in [2.75, 3.05) is 52.3 Å². The standard InChI is InChI=1S/C22H25Cl2N3O7S/c1-4-34-22(29)26-5-7-27(8-6-26)35(30,31)20-12-17(18(23)13-19(20)24)21(28)25-14-9-15(32-2)11-16(10-14)33-3/h9-13H,4-8H2,1-3H3,(H,25,28). The summed E-state index contributed by atoms with van der Waals surface area (Å²) in [7, 11) is -1.13. The number of amides is 2. The zero-order valence-electron chi connectivity index (χ0n) is 19.3. The zero-order chi connectivity index (χ0) is 25.8. The van der Waals surface area contributed by atoms with Gasteiger partial charge in [0, 0.05) is 50.1 Å². The molecule has 0 aromatic heterocycles. The smallest absolute Gasteiger partial charge is 0.409 e. The summed E-state index contributed by atoms with van der Waals surface area (Å²) < 4.78 is 43.2. The summed E-state index contributed by atoms with van der Waals surface area (Å²) in [6.07, 6.45) is -0.498. The van der Waals surface area contributed by atoms with E-state index in [0.717, 1.165) is 6.07 Å². The average molecular weight is 546 g/mol. The van der Waals surface area contributed by atoms with E-state index < -0.39 is 22.0 Å². The van der Waals surface area contributed by atoms with Crippen molar-refractivity contribution < 1.29 is 32.2 Å². The second-order valence-electron chi connectivity index (χ2n) is 7.41. The highest BCUT2D eigenvalue weighted by molar-refractivity contribution is 7.89. The minimum Gasteiger partial charge on any atom is -0.497 e. The molecule has 0 spiro atoms. The lowest BCUT2D eigenvalue weighted by atomic mass is 10.2. The van der Waals surface area contributed by atoms with E-state index in [1.54, 1.807) is 25.1 Å². The van der Waals surface area contributed by atoms with Crippen molar-refractivity contribution in [1.82, 2.24) is 9.21 Å². The third kappa shape index (κ3) is 6.10. The van der Waals surface area contributed by atoms with Crippen molar-refractivity contribution >= 4 is 50.9 Å². The molecule has 1 aliphatic rings. The van der Waals surface area contributed by atoms with Crippen LogP contribution in [0.1, 0.15) is 17.3 Å². The van der Waals surface area contributed by atoms with Gasteiger partial charge in [0.1, 0.15) is 16.4 Å².